The normalized spacial score (nSPS) is 13.8. The second-order valence-corrected chi connectivity index (χ2v) is 8.10. The van der Waals surface area contributed by atoms with Gasteiger partial charge >= 0.3 is 0 Å². The summed E-state index contributed by atoms with van der Waals surface area (Å²) in [6, 6.07) is 32.3. The Labute approximate surface area is 166 Å². The Balaban J connectivity index is 1.62. The molecule has 0 radical (unpaired) electrons. The minimum Gasteiger partial charge on any atom is -0.398 e. The molecule has 4 aromatic rings. The molecule has 1 aliphatic rings. The van der Waals surface area contributed by atoms with Gasteiger partial charge in [0.25, 0.3) is 0 Å². The summed E-state index contributed by atoms with van der Waals surface area (Å²) in [6.45, 7) is 4.57. The summed E-state index contributed by atoms with van der Waals surface area (Å²) in [4.78, 5) is 0. The average Bonchev–Trinajstić information content (AvgIpc) is 2.95. The Morgan fingerprint density at radius 3 is 1.89 bits per heavy atom. The lowest BCUT2D eigenvalue weighted by atomic mass is 9.82. The molecule has 0 heterocycles. The third kappa shape index (κ3) is 2.47. The van der Waals surface area contributed by atoms with E-state index >= 15 is 0 Å². The van der Waals surface area contributed by atoms with Crippen LogP contribution in [-0.4, -0.2) is 0 Å². The van der Waals surface area contributed by atoms with Gasteiger partial charge in [-0.25, -0.2) is 0 Å². The highest BCUT2D eigenvalue weighted by Crippen LogP contribution is 2.50. The fourth-order valence-electron chi connectivity index (χ4n) is 4.49. The van der Waals surface area contributed by atoms with Gasteiger partial charge in [0, 0.05) is 16.7 Å². The van der Waals surface area contributed by atoms with Crippen LogP contribution in [0.2, 0.25) is 0 Å². The monoisotopic (exact) mass is 361 g/mol. The van der Waals surface area contributed by atoms with Crippen LogP contribution in [-0.2, 0) is 5.41 Å². The summed E-state index contributed by atoms with van der Waals surface area (Å²) in [7, 11) is 0. The van der Waals surface area contributed by atoms with E-state index in [9.17, 15) is 0 Å². The Morgan fingerprint density at radius 2 is 1.14 bits per heavy atom. The van der Waals surface area contributed by atoms with Crippen LogP contribution < -0.4 is 5.73 Å². The van der Waals surface area contributed by atoms with Gasteiger partial charge in [0.2, 0.25) is 0 Å². The van der Waals surface area contributed by atoms with Crippen LogP contribution in [0.15, 0.2) is 91.0 Å². The molecule has 2 N–H and O–H groups in total. The molecular formula is C27H23N. The van der Waals surface area contributed by atoms with E-state index in [0.717, 1.165) is 16.8 Å². The van der Waals surface area contributed by atoms with Crippen molar-refractivity contribution in [3.05, 3.63) is 102 Å². The summed E-state index contributed by atoms with van der Waals surface area (Å²) in [5, 5.41) is 0. The largest absolute Gasteiger partial charge is 0.398 e. The maximum Gasteiger partial charge on any atom is 0.0397 e. The van der Waals surface area contributed by atoms with Gasteiger partial charge in [-0.05, 0) is 51.1 Å². The molecule has 0 spiro atoms. The number of fused-ring (bicyclic) bond motifs is 3. The smallest absolute Gasteiger partial charge is 0.0397 e. The molecule has 0 saturated carbocycles. The van der Waals surface area contributed by atoms with Crippen LogP contribution in [0.25, 0.3) is 33.4 Å². The summed E-state index contributed by atoms with van der Waals surface area (Å²) in [5.74, 6) is 0. The molecular weight excluding hydrogens is 338 g/mol. The molecule has 0 aromatic heterocycles. The quantitative estimate of drug-likeness (QED) is 0.386. The summed E-state index contributed by atoms with van der Waals surface area (Å²) in [5.41, 5.74) is 17.4. The van der Waals surface area contributed by atoms with Crippen LogP contribution in [0.3, 0.4) is 0 Å². The van der Waals surface area contributed by atoms with Crippen LogP contribution in [0, 0.1) is 0 Å². The fraction of sp³-hybridized carbons (Fsp3) is 0.111. The SMILES string of the molecule is CC1(C)c2ccccc2-c2cc(-c3ccc(-c4ccccc4)cc3)c(N)cc21. The lowest BCUT2D eigenvalue weighted by Crippen LogP contribution is -2.15. The van der Waals surface area contributed by atoms with Crippen molar-refractivity contribution < 1.29 is 0 Å². The lowest BCUT2D eigenvalue weighted by molar-refractivity contribution is 0.661. The zero-order valence-corrected chi connectivity index (χ0v) is 16.2. The van der Waals surface area contributed by atoms with Crippen molar-refractivity contribution in [2.75, 3.05) is 5.73 Å². The first kappa shape index (κ1) is 16.8. The summed E-state index contributed by atoms with van der Waals surface area (Å²) >= 11 is 0. The van der Waals surface area contributed by atoms with E-state index in [1.807, 2.05) is 6.07 Å². The maximum atomic E-state index is 6.53. The van der Waals surface area contributed by atoms with Crippen molar-refractivity contribution in [2.45, 2.75) is 19.3 Å². The second kappa shape index (κ2) is 6.10. The number of hydrogen-bond donors (Lipinski definition) is 1. The average molecular weight is 361 g/mol. The molecule has 0 amide bonds. The fourth-order valence-corrected chi connectivity index (χ4v) is 4.49. The number of benzene rings is 4. The second-order valence-electron chi connectivity index (χ2n) is 8.10. The predicted octanol–water partition coefficient (Wildman–Crippen LogP) is 6.91. The third-order valence-electron chi connectivity index (χ3n) is 6.06. The van der Waals surface area contributed by atoms with E-state index in [1.165, 1.54) is 33.4 Å². The van der Waals surface area contributed by atoms with Crippen LogP contribution in [0.5, 0.6) is 0 Å². The molecule has 1 heteroatoms. The standard InChI is InChI=1S/C27H23N/c1-27(2)24-11-7-6-10-21(24)23-16-22(26(28)17-25(23)27)20-14-12-19(13-15-20)18-8-4-3-5-9-18/h3-17H,28H2,1-2H3. The van der Waals surface area contributed by atoms with Gasteiger partial charge in [-0.15, -0.1) is 0 Å². The van der Waals surface area contributed by atoms with E-state index in [2.05, 4.69) is 98.8 Å². The van der Waals surface area contributed by atoms with Crippen molar-refractivity contribution in [1.29, 1.82) is 0 Å². The van der Waals surface area contributed by atoms with Crippen molar-refractivity contribution in [3.63, 3.8) is 0 Å². The molecule has 28 heavy (non-hydrogen) atoms. The molecule has 1 nitrogen and oxygen atoms in total. The number of nitrogens with two attached hydrogens (primary N) is 1. The number of hydrogen-bond acceptors (Lipinski definition) is 1. The van der Waals surface area contributed by atoms with Gasteiger partial charge in [-0.3, -0.25) is 0 Å². The van der Waals surface area contributed by atoms with Crippen LogP contribution in [0.4, 0.5) is 5.69 Å². The van der Waals surface area contributed by atoms with Gasteiger partial charge < -0.3 is 5.73 Å². The first-order valence-electron chi connectivity index (χ1n) is 9.75. The zero-order chi connectivity index (χ0) is 19.3. The van der Waals surface area contributed by atoms with Crippen molar-refractivity contribution >= 4 is 5.69 Å². The summed E-state index contributed by atoms with van der Waals surface area (Å²) < 4.78 is 0. The van der Waals surface area contributed by atoms with E-state index in [1.54, 1.807) is 0 Å². The molecule has 0 unspecified atom stereocenters. The highest BCUT2D eigenvalue weighted by Gasteiger charge is 2.35. The molecule has 0 aliphatic heterocycles. The molecule has 5 rings (SSSR count). The van der Waals surface area contributed by atoms with Gasteiger partial charge in [-0.2, -0.15) is 0 Å². The van der Waals surface area contributed by atoms with E-state index < -0.39 is 0 Å². The Morgan fingerprint density at radius 1 is 0.536 bits per heavy atom. The van der Waals surface area contributed by atoms with E-state index in [4.69, 9.17) is 5.73 Å². The van der Waals surface area contributed by atoms with Gasteiger partial charge in [-0.1, -0.05) is 92.7 Å². The zero-order valence-electron chi connectivity index (χ0n) is 16.2. The van der Waals surface area contributed by atoms with Crippen molar-refractivity contribution in [1.82, 2.24) is 0 Å². The third-order valence-corrected chi connectivity index (χ3v) is 6.06. The van der Waals surface area contributed by atoms with E-state index in [-0.39, 0.29) is 5.41 Å². The molecule has 1 aliphatic carbocycles. The molecule has 4 aromatic carbocycles. The topological polar surface area (TPSA) is 26.0 Å². The number of nitrogen functional groups attached to an aromatic ring is 1. The van der Waals surface area contributed by atoms with Crippen LogP contribution >= 0.6 is 0 Å². The molecule has 136 valence electrons. The van der Waals surface area contributed by atoms with Crippen molar-refractivity contribution in [2.24, 2.45) is 0 Å². The maximum absolute atomic E-state index is 6.53. The first-order chi connectivity index (χ1) is 13.6. The van der Waals surface area contributed by atoms with E-state index in [0.29, 0.717) is 0 Å². The van der Waals surface area contributed by atoms with Gasteiger partial charge in [0.15, 0.2) is 0 Å². The highest BCUT2D eigenvalue weighted by atomic mass is 14.6. The number of rotatable bonds is 2. The predicted molar refractivity (Wildman–Crippen MR) is 119 cm³/mol. The molecule has 0 fully saturated rings. The Hall–Kier alpha value is -3.32. The molecule has 0 atom stereocenters. The minimum atomic E-state index is -0.0181. The van der Waals surface area contributed by atoms with Crippen molar-refractivity contribution in [3.8, 4) is 33.4 Å². The van der Waals surface area contributed by atoms with Gasteiger partial charge in [0.05, 0.1) is 0 Å². The molecule has 0 saturated heterocycles. The Bertz CT molecular complexity index is 1170. The highest BCUT2D eigenvalue weighted by molar-refractivity contribution is 5.89. The number of anilines is 1. The summed E-state index contributed by atoms with van der Waals surface area (Å²) in [6.07, 6.45) is 0. The minimum absolute atomic E-state index is 0.0181. The van der Waals surface area contributed by atoms with Crippen LogP contribution in [0.1, 0.15) is 25.0 Å². The lowest BCUT2D eigenvalue weighted by Gasteiger charge is -2.22. The first-order valence-corrected chi connectivity index (χ1v) is 9.75. The molecule has 0 bridgehead atoms. The Kier molecular flexibility index (Phi) is 3.67. The van der Waals surface area contributed by atoms with Gasteiger partial charge in [0.1, 0.15) is 0 Å².